The van der Waals surface area contributed by atoms with Gasteiger partial charge in [0.1, 0.15) is 29.3 Å². The van der Waals surface area contributed by atoms with E-state index >= 15 is 0 Å². The number of pyridine rings is 1. The molecular weight excluding hydrogens is 419 g/mol. The van der Waals surface area contributed by atoms with Crippen LogP contribution in [0.25, 0.3) is 0 Å². The Morgan fingerprint density at radius 1 is 1.10 bits per heavy atom. The van der Waals surface area contributed by atoms with Crippen molar-refractivity contribution < 1.29 is 9.72 Å². The number of aryl methyl sites for hydroxylation is 2. The van der Waals surface area contributed by atoms with Crippen LogP contribution in [-0.4, -0.2) is 25.8 Å². The summed E-state index contributed by atoms with van der Waals surface area (Å²) in [7, 11) is 0. The number of benzene rings is 1. The van der Waals surface area contributed by atoms with E-state index in [2.05, 4.69) is 25.6 Å². The van der Waals surface area contributed by atoms with Crippen LogP contribution >= 0.6 is 23.2 Å². The monoisotopic (exact) mass is 432 g/mol. The molecule has 29 heavy (non-hydrogen) atoms. The van der Waals surface area contributed by atoms with E-state index in [1.807, 2.05) is 6.92 Å². The highest BCUT2D eigenvalue weighted by molar-refractivity contribution is 6.40. The molecule has 2 aromatic heterocycles. The van der Waals surface area contributed by atoms with Crippen molar-refractivity contribution in [3.63, 3.8) is 0 Å². The molecular formula is C18H14Cl2N6O3. The van der Waals surface area contributed by atoms with E-state index in [4.69, 9.17) is 23.2 Å². The van der Waals surface area contributed by atoms with Crippen molar-refractivity contribution in [2.24, 2.45) is 0 Å². The van der Waals surface area contributed by atoms with Gasteiger partial charge in [0, 0.05) is 17.8 Å². The lowest BCUT2D eigenvalue weighted by Crippen LogP contribution is -2.15. The van der Waals surface area contributed by atoms with Crippen molar-refractivity contribution in [1.29, 1.82) is 0 Å². The number of hydrogen-bond donors (Lipinski definition) is 2. The summed E-state index contributed by atoms with van der Waals surface area (Å²) in [5.41, 5.74) is 0.292. The number of nitrogens with zero attached hydrogens (tertiary/aromatic N) is 4. The van der Waals surface area contributed by atoms with Crippen LogP contribution in [0.1, 0.15) is 21.9 Å². The predicted octanol–water partition coefficient (Wildman–Crippen LogP) is 4.70. The molecule has 3 rings (SSSR count). The topological polar surface area (TPSA) is 123 Å². The fourth-order valence-corrected chi connectivity index (χ4v) is 3.14. The number of carbonyl (C=O) groups excluding carboxylic acids is 1. The van der Waals surface area contributed by atoms with Crippen LogP contribution in [0.5, 0.6) is 0 Å². The Morgan fingerprint density at radius 3 is 2.41 bits per heavy atom. The summed E-state index contributed by atoms with van der Waals surface area (Å²) in [5.74, 6) is 0.572. The number of halogens is 2. The molecule has 0 radical (unpaired) electrons. The van der Waals surface area contributed by atoms with Crippen LogP contribution in [-0.2, 0) is 0 Å². The van der Waals surface area contributed by atoms with Crippen LogP contribution in [0, 0.1) is 24.0 Å². The van der Waals surface area contributed by atoms with E-state index < -0.39 is 10.8 Å². The normalized spacial score (nSPS) is 10.5. The Hall–Kier alpha value is -3.30. The average molecular weight is 433 g/mol. The summed E-state index contributed by atoms with van der Waals surface area (Å²) in [6, 6.07) is 7.60. The molecule has 2 heterocycles. The number of anilines is 3. The zero-order valence-corrected chi connectivity index (χ0v) is 16.7. The number of nitrogens with one attached hydrogen (secondary N) is 2. The van der Waals surface area contributed by atoms with E-state index in [0.717, 1.165) is 11.9 Å². The van der Waals surface area contributed by atoms with E-state index in [-0.39, 0.29) is 32.8 Å². The molecule has 148 valence electrons. The van der Waals surface area contributed by atoms with Gasteiger partial charge in [0.05, 0.1) is 20.5 Å². The number of carbonyl (C=O) groups is 1. The Labute approximate surface area is 175 Å². The molecule has 0 saturated heterocycles. The Kier molecular flexibility index (Phi) is 5.90. The quantitative estimate of drug-likeness (QED) is 0.442. The maximum atomic E-state index is 12.6. The van der Waals surface area contributed by atoms with E-state index in [9.17, 15) is 14.9 Å². The third-order valence-electron chi connectivity index (χ3n) is 3.74. The van der Waals surface area contributed by atoms with Gasteiger partial charge in [-0.25, -0.2) is 15.0 Å². The third-order valence-corrected chi connectivity index (χ3v) is 4.37. The first kappa shape index (κ1) is 20.4. The second-order valence-electron chi connectivity index (χ2n) is 5.96. The highest BCUT2D eigenvalue weighted by Crippen LogP contribution is 2.30. The maximum absolute atomic E-state index is 12.6. The van der Waals surface area contributed by atoms with Crippen molar-refractivity contribution in [2.75, 3.05) is 10.6 Å². The summed E-state index contributed by atoms with van der Waals surface area (Å²) in [6.07, 6.45) is 1.03. The second-order valence-corrected chi connectivity index (χ2v) is 6.78. The van der Waals surface area contributed by atoms with Gasteiger partial charge in [-0.15, -0.1) is 0 Å². The molecule has 0 atom stereocenters. The van der Waals surface area contributed by atoms with Crippen molar-refractivity contribution in [3.8, 4) is 0 Å². The molecule has 0 aliphatic heterocycles. The largest absolute Gasteiger partial charge is 0.325 e. The minimum Gasteiger partial charge on any atom is -0.325 e. The second kappa shape index (κ2) is 8.38. The van der Waals surface area contributed by atoms with E-state index in [1.54, 1.807) is 19.1 Å². The van der Waals surface area contributed by atoms with Gasteiger partial charge in [-0.1, -0.05) is 29.3 Å². The molecule has 9 nitrogen and oxygen atoms in total. The molecule has 0 aliphatic carbocycles. The van der Waals surface area contributed by atoms with Gasteiger partial charge in [0.25, 0.3) is 5.91 Å². The Balaban J connectivity index is 1.95. The van der Waals surface area contributed by atoms with Crippen LogP contribution < -0.4 is 10.6 Å². The molecule has 0 spiro atoms. The number of rotatable bonds is 5. The highest BCUT2D eigenvalue weighted by atomic mass is 35.5. The molecule has 0 unspecified atom stereocenters. The lowest BCUT2D eigenvalue weighted by atomic mass is 10.2. The molecule has 0 bridgehead atoms. The maximum Gasteiger partial charge on any atom is 0.311 e. The summed E-state index contributed by atoms with van der Waals surface area (Å²) in [5, 5.41) is 17.0. The van der Waals surface area contributed by atoms with Crippen molar-refractivity contribution >= 4 is 52.1 Å². The van der Waals surface area contributed by atoms with Crippen LogP contribution in [0.15, 0.2) is 36.5 Å². The summed E-state index contributed by atoms with van der Waals surface area (Å²) in [4.78, 5) is 35.7. The number of aromatic nitrogens is 3. The lowest BCUT2D eigenvalue weighted by molar-refractivity contribution is -0.384. The van der Waals surface area contributed by atoms with Gasteiger partial charge in [-0.05, 0) is 26.0 Å². The Bertz CT molecular complexity index is 1080. The number of hydrogen-bond acceptors (Lipinski definition) is 7. The van der Waals surface area contributed by atoms with E-state index in [0.29, 0.717) is 11.6 Å². The van der Waals surface area contributed by atoms with Crippen LogP contribution in [0.4, 0.5) is 23.0 Å². The molecule has 1 aromatic carbocycles. The first-order valence-corrected chi connectivity index (χ1v) is 8.99. The molecule has 0 fully saturated rings. The first-order valence-electron chi connectivity index (χ1n) is 8.23. The fraction of sp³-hybridized carbons (Fsp3) is 0.111. The fourth-order valence-electron chi connectivity index (χ4n) is 2.57. The molecule has 1 amide bonds. The molecule has 3 aromatic rings. The molecule has 0 saturated carbocycles. The molecule has 0 aliphatic rings. The van der Waals surface area contributed by atoms with Crippen molar-refractivity contribution in [1.82, 2.24) is 15.0 Å². The summed E-state index contributed by atoms with van der Waals surface area (Å²) in [6.45, 7) is 3.54. The highest BCUT2D eigenvalue weighted by Gasteiger charge is 2.21. The minimum absolute atomic E-state index is 0.0125. The smallest absolute Gasteiger partial charge is 0.311 e. The summed E-state index contributed by atoms with van der Waals surface area (Å²) >= 11 is 12.1. The first-order chi connectivity index (χ1) is 13.7. The van der Waals surface area contributed by atoms with Gasteiger partial charge < -0.3 is 10.6 Å². The zero-order valence-electron chi connectivity index (χ0n) is 15.2. The lowest BCUT2D eigenvalue weighted by Gasteiger charge is -2.11. The standard InChI is InChI=1S/C18H14Cl2N6O3/c1-9-6-16(23-10(2)22-9)25-15-7-13(14(8-21-15)26(28)29)24-18(27)17-11(19)4-3-5-12(17)20/h3-8H,1-2H3,(H2,21,22,23,24,25,27). The average Bonchev–Trinajstić information content (AvgIpc) is 2.60. The van der Waals surface area contributed by atoms with Crippen molar-refractivity contribution in [2.45, 2.75) is 13.8 Å². The number of amides is 1. The predicted molar refractivity (Wildman–Crippen MR) is 110 cm³/mol. The van der Waals surface area contributed by atoms with Crippen LogP contribution in [0.3, 0.4) is 0 Å². The van der Waals surface area contributed by atoms with Crippen LogP contribution in [0.2, 0.25) is 10.0 Å². The minimum atomic E-state index is -0.686. The SMILES string of the molecule is Cc1cc(Nc2cc(NC(=O)c3c(Cl)cccc3Cl)c([N+](=O)[O-])cn2)nc(C)n1. The van der Waals surface area contributed by atoms with Gasteiger partial charge in [0.15, 0.2) is 0 Å². The van der Waals surface area contributed by atoms with Gasteiger partial charge >= 0.3 is 5.69 Å². The zero-order chi connectivity index (χ0) is 21.1. The van der Waals surface area contributed by atoms with Gasteiger partial charge in [-0.2, -0.15) is 0 Å². The third kappa shape index (κ3) is 4.76. The molecule has 11 heteroatoms. The van der Waals surface area contributed by atoms with Gasteiger partial charge in [-0.3, -0.25) is 14.9 Å². The number of nitro groups is 1. The van der Waals surface area contributed by atoms with Gasteiger partial charge in [0.2, 0.25) is 0 Å². The summed E-state index contributed by atoms with van der Waals surface area (Å²) < 4.78 is 0. The molecule has 2 N–H and O–H groups in total. The van der Waals surface area contributed by atoms with Crippen molar-refractivity contribution in [3.05, 3.63) is 73.8 Å². The van der Waals surface area contributed by atoms with E-state index in [1.165, 1.54) is 18.2 Å². The Morgan fingerprint density at radius 2 is 1.79 bits per heavy atom.